The molecule has 1 aromatic heterocycles. The van der Waals surface area contributed by atoms with Gasteiger partial charge in [-0.15, -0.1) is 0 Å². The van der Waals surface area contributed by atoms with Crippen LogP contribution in [0.2, 0.25) is 0 Å². The van der Waals surface area contributed by atoms with Crippen molar-refractivity contribution in [3.8, 4) is 0 Å². The van der Waals surface area contributed by atoms with Gasteiger partial charge >= 0.3 is 6.18 Å². The third kappa shape index (κ3) is 4.95. The molecule has 2 aromatic rings. The maximum atomic E-state index is 12.5. The number of carbonyl (C=O) groups is 1. The van der Waals surface area contributed by atoms with Crippen LogP contribution < -0.4 is 5.32 Å². The highest BCUT2D eigenvalue weighted by Crippen LogP contribution is 2.29. The fourth-order valence-corrected chi connectivity index (χ4v) is 1.95. The van der Waals surface area contributed by atoms with Gasteiger partial charge in [-0.3, -0.25) is 9.78 Å². The van der Waals surface area contributed by atoms with E-state index in [-0.39, 0.29) is 5.91 Å². The Labute approximate surface area is 131 Å². The topological polar surface area (TPSA) is 42.0 Å². The zero-order valence-electron chi connectivity index (χ0n) is 12.3. The number of carbonyl (C=O) groups excluding carboxylic acids is 1. The first-order valence-corrected chi connectivity index (χ1v) is 6.92. The summed E-state index contributed by atoms with van der Waals surface area (Å²) in [6.07, 6.45) is 1.85. The summed E-state index contributed by atoms with van der Waals surface area (Å²) in [5.41, 5.74) is 0.669. The Kier molecular flexibility index (Phi) is 5.16. The van der Waals surface area contributed by atoms with Crippen LogP contribution in [0.3, 0.4) is 0 Å². The van der Waals surface area contributed by atoms with Crippen molar-refractivity contribution in [3.63, 3.8) is 0 Å². The van der Waals surface area contributed by atoms with Crippen LogP contribution in [0.25, 0.3) is 6.08 Å². The molecule has 0 radical (unpaired) electrons. The van der Waals surface area contributed by atoms with E-state index in [9.17, 15) is 18.0 Å². The van der Waals surface area contributed by atoms with Gasteiger partial charge in [0, 0.05) is 18.5 Å². The highest BCUT2D eigenvalue weighted by molar-refractivity contribution is 5.91. The Morgan fingerprint density at radius 3 is 2.48 bits per heavy atom. The highest BCUT2D eigenvalue weighted by atomic mass is 19.4. The molecule has 0 aliphatic heterocycles. The molecule has 0 spiro atoms. The Hall–Kier alpha value is -2.63. The Morgan fingerprint density at radius 1 is 1.22 bits per heavy atom. The molecule has 0 fully saturated rings. The normalized spacial score (nSPS) is 13.0. The molecule has 6 heteroatoms. The van der Waals surface area contributed by atoms with Gasteiger partial charge in [-0.1, -0.05) is 18.2 Å². The van der Waals surface area contributed by atoms with Crippen molar-refractivity contribution in [2.24, 2.45) is 0 Å². The molecule has 23 heavy (non-hydrogen) atoms. The summed E-state index contributed by atoms with van der Waals surface area (Å²) >= 11 is 0. The predicted molar refractivity (Wildman–Crippen MR) is 81.3 cm³/mol. The quantitative estimate of drug-likeness (QED) is 0.866. The third-order valence-electron chi connectivity index (χ3n) is 3.21. The van der Waals surface area contributed by atoms with E-state index in [1.165, 1.54) is 18.2 Å². The average molecular weight is 320 g/mol. The summed E-state index contributed by atoms with van der Waals surface area (Å²) in [6, 6.07) is 7.88. The first kappa shape index (κ1) is 16.7. The van der Waals surface area contributed by atoms with Crippen LogP contribution in [0, 0.1) is 0 Å². The van der Waals surface area contributed by atoms with Gasteiger partial charge in [0.2, 0.25) is 5.91 Å². The van der Waals surface area contributed by atoms with Crippen LogP contribution in [-0.2, 0) is 11.0 Å². The molecule has 1 atom stereocenters. The lowest BCUT2D eigenvalue weighted by Crippen LogP contribution is -2.24. The molecule has 1 aromatic carbocycles. The van der Waals surface area contributed by atoms with E-state index in [0.717, 1.165) is 17.7 Å². The molecular formula is C17H15F3N2O. The number of aromatic nitrogens is 1. The van der Waals surface area contributed by atoms with Crippen LogP contribution in [0.15, 0.2) is 54.9 Å². The van der Waals surface area contributed by atoms with Crippen molar-refractivity contribution < 1.29 is 18.0 Å². The number of hydrogen-bond acceptors (Lipinski definition) is 2. The van der Waals surface area contributed by atoms with Gasteiger partial charge in [0.25, 0.3) is 0 Å². The molecule has 1 amide bonds. The monoisotopic (exact) mass is 320 g/mol. The second-order valence-electron chi connectivity index (χ2n) is 4.97. The fourth-order valence-electron chi connectivity index (χ4n) is 1.95. The Balaban J connectivity index is 1.97. The largest absolute Gasteiger partial charge is 0.416 e. The number of pyridine rings is 1. The van der Waals surface area contributed by atoms with Crippen molar-refractivity contribution in [2.45, 2.75) is 19.1 Å². The zero-order valence-corrected chi connectivity index (χ0v) is 12.3. The average Bonchev–Trinajstić information content (AvgIpc) is 2.53. The fraction of sp³-hybridized carbons (Fsp3) is 0.176. The first-order chi connectivity index (χ1) is 10.9. The van der Waals surface area contributed by atoms with Crippen molar-refractivity contribution >= 4 is 12.0 Å². The third-order valence-corrected chi connectivity index (χ3v) is 3.21. The number of rotatable bonds is 4. The SMILES string of the molecule is CC(NC(=O)C=Cc1cccnc1)c1ccc(C(F)(F)F)cc1. The van der Waals surface area contributed by atoms with E-state index >= 15 is 0 Å². The van der Waals surface area contributed by atoms with Crippen molar-refractivity contribution in [3.05, 3.63) is 71.6 Å². The lowest BCUT2D eigenvalue weighted by atomic mass is 10.1. The van der Waals surface area contributed by atoms with Crippen LogP contribution in [0.4, 0.5) is 13.2 Å². The van der Waals surface area contributed by atoms with E-state index in [2.05, 4.69) is 10.3 Å². The summed E-state index contributed by atoms with van der Waals surface area (Å²) in [5, 5.41) is 2.70. The van der Waals surface area contributed by atoms with E-state index in [4.69, 9.17) is 0 Å². The Morgan fingerprint density at radius 2 is 1.91 bits per heavy atom. The molecule has 0 aliphatic rings. The van der Waals surface area contributed by atoms with Crippen LogP contribution in [0.5, 0.6) is 0 Å². The van der Waals surface area contributed by atoms with E-state index in [1.54, 1.807) is 37.5 Å². The van der Waals surface area contributed by atoms with Crippen LogP contribution >= 0.6 is 0 Å². The maximum absolute atomic E-state index is 12.5. The summed E-state index contributed by atoms with van der Waals surface area (Å²) in [5.74, 6) is -0.332. The molecule has 0 saturated heterocycles. The predicted octanol–water partition coefficient (Wildman–Crippen LogP) is 3.99. The minimum atomic E-state index is -4.36. The molecule has 1 heterocycles. The summed E-state index contributed by atoms with van der Waals surface area (Å²) in [7, 11) is 0. The van der Waals surface area contributed by atoms with Gasteiger partial charge < -0.3 is 5.32 Å². The van der Waals surface area contributed by atoms with Gasteiger partial charge in [-0.2, -0.15) is 13.2 Å². The van der Waals surface area contributed by atoms with Gasteiger partial charge in [0.15, 0.2) is 0 Å². The van der Waals surface area contributed by atoms with E-state index in [1.807, 2.05) is 0 Å². The van der Waals surface area contributed by atoms with Gasteiger partial charge in [0.05, 0.1) is 11.6 Å². The number of halogens is 3. The smallest absolute Gasteiger partial charge is 0.346 e. The Bertz CT molecular complexity index is 679. The molecule has 0 aliphatic carbocycles. The first-order valence-electron chi connectivity index (χ1n) is 6.92. The minimum Gasteiger partial charge on any atom is -0.346 e. The van der Waals surface area contributed by atoms with E-state index in [0.29, 0.717) is 5.56 Å². The second kappa shape index (κ2) is 7.09. The molecule has 2 rings (SSSR count). The van der Waals surface area contributed by atoms with Crippen molar-refractivity contribution in [2.75, 3.05) is 0 Å². The van der Waals surface area contributed by atoms with Crippen molar-refractivity contribution in [1.29, 1.82) is 0 Å². The molecule has 1 unspecified atom stereocenters. The molecule has 1 N–H and O–H groups in total. The van der Waals surface area contributed by atoms with Crippen molar-refractivity contribution in [1.82, 2.24) is 10.3 Å². The molecule has 0 bridgehead atoms. The number of amides is 1. The maximum Gasteiger partial charge on any atom is 0.416 e. The number of hydrogen-bond donors (Lipinski definition) is 1. The number of nitrogens with zero attached hydrogens (tertiary/aromatic N) is 1. The lowest BCUT2D eigenvalue weighted by molar-refractivity contribution is -0.137. The summed E-state index contributed by atoms with van der Waals surface area (Å²) in [4.78, 5) is 15.8. The zero-order chi connectivity index (χ0) is 16.9. The number of alkyl halides is 3. The second-order valence-corrected chi connectivity index (χ2v) is 4.97. The highest BCUT2D eigenvalue weighted by Gasteiger charge is 2.30. The van der Waals surface area contributed by atoms with Crippen LogP contribution in [0.1, 0.15) is 29.7 Å². The molecule has 3 nitrogen and oxygen atoms in total. The number of nitrogens with one attached hydrogen (secondary N) is 1. The molecular weight excluding hydrogens is 305 g/mol. The summed E-state index contributed by atoms with van der Waals surface area (Å²) in [6.45, 7) is 1.71. The van der Waals surface area contributed by atoms with E-state index < -0.39 is 17.8 Å². The molecule has 120 valence electrons. The standard InChI is InChI=1S/C17H15F3N2O/c1-12(14-5-7-15(8-6-14)17(18,19)20)22-16(23)9-4-13-3-2-10-21-11-13/h2-12H,1H3,(H,22,23). The van der Waals surface area contributed by atoms with Crippen LogP contribution in [-0.4, -0.2) is 10.9 Å². The van der Waals surface area contributed by atoms with Gasteiger partial charge in [0.1, 0.15) is 0 Å². The molecule has 0 saturated carbocycles. The van der Waals surface area contributed by atoms with Gasteiger partial charge in [-0.05, 0) is 42.3 Å². The van der Waals surface area contributed by atoms with Gasteiger partial charge in [-0.25, -0.2) is 0 Å². The number of benzene rings is 1. The summed E-state index contributed by atoms with van der Waals surface area (Å²) < 4.78 is 37.5. The minimum absolute atomic E-state index is 0.332. The lowest BCUT2D eigenvalue weighted by Gasteiger charge is -2.14.